The smallest absolute Gasteiger partial charge is 0.347 e. The third-order valence-electron chi connectivity index (χ3n) is 5.37. The van der Waals surface area contributed by atoms with Gasteiger partial charge < -0.3 is 34.0 Å². The van der Waals surface area contributed by atoms with Crippen LogP contribution in [-0.4, -0.2) is 88.8 Å². The van der Waals surface area contributed by atoms with Gasteiger partial charge in [-0.05, 0) is 18.2 Å². The number of piperidine rings is 1. The molecule has 3 saturated heterocycles. The van der Waals surface area contributed by atoms with E-state index in [-0.39, 0.29) is 11.8 Å². The number of hydrogen-bond donors (Lipinski definition) is 3. The number of amides is 2. The van der Waals surface area contributed by atoms with Gasteiger partial charge in [-0.25, -0.2) is 9.36 Å². The number of likely N-dealkylation sites (tertiary alicyclic amines) is 1. The van der Waals surface area contributed by atoms with Gasteiger partial charge in [0.1, 0.15) is 0 Å². The number of halogens is 2. The van der Waals surface area contributed by atoms with E-state index in [4.69, 9.17) is 51.9 Å². The van der Waals surface area contributed by atoms with Crippen LogP contribution < -0.4 is 4.90 Å². The molecular formula is C18H26Cl2N3O7P. The molecule has 3 heterocycles. The molecule has 31 heavy (non-hydrogen) atoms. The van der Waals surface area contributed by atoms with Gasteiger partial charge >= 0.3 is 13.9 Å². The molecule has 1 aromatic rings. The topological polar surface area (TPSA) is 123 Å². The third-order valence-corrected chi connectivity index (χ3v) is 5.81. The Morgan fingerprint density at radius 3 is 2.03 bits per heavy atom. The fourth-order valence-corrected chi connectivity index (χ4v) is 4.40. The number of ether oxygens (including phenoxy) is 2. The van der Waals surface area contributed by atoms with Crippen molar-refractivity contribution in [2.75, 3.05) is 57.4 Å². The molecule has 10 nitrogen and oxygen atoms in total. The maximum absolute atomic E-state index is 12.7. The molecule has 0 radical (unpaired) electrons. The summed E-state index contributed by atoms with van der Waals surface area (Å²) in [5.41, 5.74) is 0.755. The molecule has 2 amide bonds. The summed E-state index contributed by atoms with van der Waals surface area (Å²) in [5, 5.41) is 1.08. The summed E-state index contributed by atoms with van der Waals surface area (Å²) in [7, 11) is -4.64. The minimum absolute atomic E-state index is 0.0132. The van der Waals surface area contributed by atoms with Crippen LogP contribution >= 0.6 is 31.0 Å². The second-order valence-electron chi connectivity index (χ2n) is 7.51. The van der Waals surface area contributed by atoms with Crippen molar-refractivity contribution in [1.29, 1.82) is 0 Å². The minimum atomic E-state index is -4.64. The Balaban J connectivity index is 0.000000491. The fourth-order valence-electron chi connectivity index (χ4n) is 3.89. The maximum atomic E-state index is 12.7. The number of carbonyl (C=O) groups is 1. The van der Waals surface area contributed by atoms with Crippen molar-refractivity contribution < 1.29 is 33.5 Å². The number of rotatable bonds is 4. The van der Waals surface area contributed by atoms with Crippen molar-refractivity contribution in [2.24, 2.45) is 0 Å². The molecule has 0 aliphatic carbocycles. The summed E-state index contributed by atoms with van der Waals surface area (Å²) in [6.45, 7) is 6.24. The van der Waals surface area contributed by atoms with Gasteiger partial charge in [-0.15, -0.1) is 0 Å². The average molecular weight is 498 g/mol. The van der Waals surface area contributed by atoms with E-state index >= 15 is 0 Å². The van der Waals surface area contributed by atoms with E-state index in [0.29, 0.717) is 36.3 Å². The minimum Gasteiger partial charge on any atom is -0.347 e. The molecule has 13 heteroatoms. The highest BCUT2D eigenvalue weighted by Gasteiger charge is 2.40. The van der Waals surface area contributed by atoms with Crippen molar-refractivity contribution >= 4 is 42.7 Å². The molecule has 3 aliphatic rings. The highest BCUT2D eigenvalue weighted by molar-refractivity contribution is 7.45. The predicted octanol–water partition coefficient (Wildman–Crippen LogP) is 2.15. The first-order valence-electron chi connectivity index (χ1n) is 9.86. The summed E-state index contributed by atoms with van der Waals surface area (Å²) in [6.07, 6.45) is 1.79. The largest absolute Gasteiger partial charge is 0.466 e. The van der Waals surface area contributed by atoms with Crippen LogP contribution in [0.5, 0.6) is 0 Å². The summed E-state index contributed by atoms with van der Waals surface area (Å²) in [6, 6.07) is 5.24. The van der Waals surface area contributed by atoms with Crippen LogP contribution in [0.2, 0.25) is 10.0 Å². The van der Waals surface area contributed by atoms with Gasteiger partial charge in [-0.2, -0.15) is 0 Å². The molecule has 1 spiro atoms. The zero-order valence-corrected chi connectivity index (χ0v) is 19.2. The normalized spacial score (nSPS) is 21.5. The predicted molar refractivity (Wildman–Crippen MR) is 115 cm³/mol. The second-order valence-corrected chi connectivity index (χ2v) is 9.41. The molecule has 0 atom stereocenters. The number of phosphoric acid groups is 1. The molecule has 0 aromatic heterocycles. The highest BCUT2D eigenvalue weighted by Crippen LogP contribution is 2.31. The SMILES string of the molecule is O=C1N(CCN2CCC3(CC2)OCCO3)CCN1c1cc(Cl)cc(Cl)c1.O=P(O)(O)O. The number of anilines is 1. The zero-order chi connectivity index (χ0) is 22.6. The van der Waals surface area contributed by atoms with Crippen LogP contribution in [0.3, 0.4) is 0 Å². The van der Waals surface area contributed by atoms with Gasteiger partial charge in [-0.3, -0.25) is 4.90 Å². The van der Waals surface area contributed by atoms with E-state index in [2.05, 4.69) is 4.90 Å². The first kappa shape index (κ1) is 24.7. The lowest BCUT2D eigenvalue weighted by atomic mass is 10.0. The lowest BCUT2D eigenvalue weighted by Crippen LogP contribution is -2.47. The Bertz CT molecular complexity index is 796. The van der Waals surface area contributed by atoms with Gasteiger partial charge in [0.25, 0.3) is 0 Å². The molecular weight excluding hydrogens is 472 g/mol. The zero-order valence-electron chi connectivity index (χ0n) is 16.8. The van der Waals surface area contributed by atoms with Gasteiger partial charge in [0.15, 0.2) is 5.79 Å². The highest BCUT2D eigenvalue weighted by atomic mass is 35.5. The van der Waals surface area contributed by atoms with Crippen LogP contribution in [0, 0.1) is 0 Å². The molecule has 0 unspecified atom stereocenters. The van der Waals surface area contributed by atoms with Gasteiger partial charge in [0.2, 0.25) is 0 Å². The van der Waals surface area contributed by atoms with E-state index in [0.717, 1.165) is 44.7 Å². The third kappa shape index (κ3) is 7.28. The molecule has 4 rings (SSSR count). The van der Waals surface area contributed by atoms with Gasteiger partial charge in [0, 0.05) is 67.8 Å². The Hall–Kier alpha value is -0.940. The van der Waals surface area contributed by atoms with E-state index in [1.165, 1.54) is 0 Å². The molecule has 3 aliphatic heterocycles. The number of nitrogens with zero attached hydrogens (tertiary/aromatic N) is 3. The van der Waals surface area contributed by atoms with E-state index in [1.807, 2.05) is 4.90 Å². The summed E-state index contributed by atoms with van der Waals surface area (Å²) < 4.78 is 20.4. The monoisotopic (exact) mass is 497 g/mol. The Kier molecular flexibility index (Phi) is 8.23. The molecule has 1 aromatic carbocycles. The van der Waals surface area contributed by atoms with Crippen LogP contribution in [0.15, 0.2) is 18.2 Å². The fraction of sp³-hybridized carbons (Fsp3) is 0.611. The molecule has 0 saturated carbocycles. The van der Waals surface area contributed by atoms with E-state index < -0.39 is 7.82 Å². The standard InChI is InChI=1S/C18H23Cl2N3O3.H3O4P/c19-14-11-15(20)13-16(12-14)23-8-7-22(17(23)24)6-5-21-3-1-18(2-4-21)25-9-10-26-18;1-5(2,3)4/h11-13H,1-10H2;(H3,1,2,3,4). The Morgan fingerprint density at radius 1 is 0.935 bits per heavy atom. The van der Waals surface area contributed by atoms with Gasteiger partial charge in [0.05, 0.1) is 13.2 Å². The Morgan fingerprint density at radius 2 is 1.48 bits per heavy atom. The van der Waals surface area contributed by atoms with Gasteiger partial charge in [-0.1, -0.05) is 23.2 Å². The summed E-state index contributed by atoms with van der Waals surface area (Å²) in [5.74, 6) is -0.345. The molecule has 174 valence electrons. The number of carbonyl (C=O) groups excluding carboxylic acids is 1. The van der Waals surface area contributed by atoms with Crippen molar-refractivity contribution in [1.82, 2.24) is 9.80 Å². The molecule has 3 fully saturated rings. The van der Waals surface area contributed by atoms with Crippen molar-refractivity contribution in [3.8, 4) is 0 Å². The van der Waals surface area contributed by atoms with Crippen LogP contribution in [0.4, 0.5) is 10.5 Å². The number of urea groups is 1. The average Bonchev–Trinajstić information content (AvgIpc) is 3.26. The number of benzene rings is 1. The van der Waals surface area contributed by atoms with Crippen LogP contribution in [0.25, 0.3) is 0 Å². The first-order valence-corrected chi connectivity index (χ1v) is 12.2. The number of hydrogen-bond acceptors (Lipinski definition) is 5. The van der Waals surface area contributed by atoms with Crippen molar-refractivity contribution in [3.05, 3.63) is 28.2 Å². The quantitative estimate of drug-likeness (QED) is 0.540. The van der Waals surface area contributed by atoms with Crippen LogP contribution in [-0.2, 0) is 14.0 Å². The lowest BCUT2D eigenvalue weighted by Gasteiger charge is -2.38. The van der Waals surface area contributed by atoms with Crippen LogP contribution in [0.1, 0.15) is 12.8 Å². The second kappa shape index (κ2) is 10.3. The van der Waals surface area contributed by atoms with E-state index in [9.17, 15) is 4.79 Å². The molecule has 3 N–H and O–H groups in total. The Labute approximate surface area is 190 Å². The van der Waals surface area contributed by atoms with Crippen molar-refractivity contribution in [3.63, 3.8) is 0 Å². The summed E-state index contributed by atoms with van der Waals surface area (Å²) in [4.78, 5) is 40.3. The van der Waals surface area contributed by atoms with E-state index in [1.54, 1.807) is 23.1 Å². The summed E-state index contributed by atoms with van der Waals surface area (Å²) >= 11 is 12.1. The van der Waals surface area contributed by atoms with Crippen molar-refractivity contribution in [2.45, 2.75) is 18.6 Å². The molecule has 0 bridgehead atoms. The first-order chi connectivity index (χ1) is 14.5. The maximum Gasteiger partial charge on any atom is 0.466 e. The lowest BCUT2D eigenvalue weighted by molar-refractivity contribution is -0.185.